The summed E-state index contributed by atoms with van der Waals surface area (Å²) in [6.45, 7) is 0.909. The SMILES string of the molecule is Cc1cc(NC(=O)CN(c2ccc(F)cc2F)S(C)(=O)=O)no1. The number of amides is 1. The first-order chi connectivity index (χ1) is 10.7. The number of carbonyl (C=O) groups excluding carboxylic acids is 1. The van der Waals surface area contributed by atoms with Gasteiger partial charge in [0.25, 0.3) is 0 Å². The highest BCUT2D eigenvalue weighted by Gasteiger charge is 2.24. The molecule has 10 heteroatoms. The maximum atomic E-state index is 13.8. The van der Waals surface area contributed by atoms with Crippen LogP contribution in [0.2, 0.25) is 0 Å². The molecule has 0 saturated carbocycles. The van der Waals surface area contributed by atoms with Gasteiger partial charge in [0, 0.05) is 12.1 Å². The lowest BCUT2D eigenvalue weighted by atomic mass is 10.3. The van der Waals surface area contributed by atoms with Crippen molar-refractivity contribution in [1.82, 2.24) is 5.16 Å². The Bertz CT molecular complexity index is 835. The highest BCUT2D eigenvalue weighted by atomic mass is 32.2. The van der Waals surface area contributed by atoms with Crippen LogP contribution in [0.5, 0.6) is 0 Å². The van der Waals surface area contributed by atoms with Gasteiger partial charge in [0.2, 0.25) is 15.9 Å². The molecule has 0 bridgehead atoms. The molecule has 1 heterocycles. The van der Waals surface area contributed by atoms with Crippen LogP contribution in [0, 0.1) is 18.6 Å². The van der Waals surface area contributed by atoms with E-state index >= 15 is 0 Å². The van der Waals surface area contributed by atoms with E-state index in [-0.39, 0.29) is 5.82 Å². The van der Waals surface area contributed by atoms with Gasteiger partial charge in [-0.1, -0.05) is 5.16 Å². The summed E-state index contributed by atoms with van der Waals surface area (Å²) < 4.78 is 55.7. The van der Waals surface area contributed by atoms with Crippen LogP contribution in [0.15, 0.2) is 28.8 Å². The maximum Gasteiger partial charge on any atom is 0.246 e. The Balaban J connectivity index is 2.24. The highest BCUT2D eigenvalue weighted by molar-refractivity contribution is 7.92. The minimum absolute atomic E-state index is 0.0977. The van der Waals surface area contributed by atoms with Crippen LogP contribution in [0.3, 0.4) is 0 Å². The Kier molecular flexibility index (Phi) is 4.64. The van der Waals surface area contributed by atoms with Crippen LogP contribution in [0.25, 0.3) is 0 Å². The molecule has 0 spiro atoms. The second-order valence-electron chi connectivity index (χ2n) is 4.74. The Morgan fingerprint density at radius 2 is 2.04 bits per heavy atom. The molecule has 7 nitrogen and oxygen atoms in total. The molecule has 0 fully saturated rings. The first-order valence-electron chi connectivity index (χ1n) is 6.33. The molecular weight excluding hydrogens is 332 g/mol. The van der Waals surface area contributed by atoms with Gasteiger partial charge in [-0.25, -0.2) is 17.2 Å². The first-order valence-corrected chi connectivity index (χ1v) is 8.17. The predicted octanol–water partition coefficient (Wildman–Crippen LogP) is 1.67. The molecule has 0 aliphatic heterocycles. The summed E-state index contributed by atoms with van der Waals surface area (Å²) in [7, 11) is -3.97. The summed E-state index contributed by atoms with van der Waals surface area (Å²) in [5.41, 5.74) is -0.430. The van der Waals surface area contributed by atoms with E-state index in [0.717, 1.165) is 18.4 Å². The van der Waals surface area contributed by atoms with Gasteiger partial charge in [0.1, 0.15) is 23.9 Å². The molecule has 1 amide bonds. The van der Waals surface area contributed by atoms with Crippen molar-refractivity contribution < 1.29 is 26.5 Å². The van der Waals surface area contributed by atoms with Crippen molar-refractivity contribution in [3.63, 3.8) is 0 Å². The first kappa shape index (κ1) is 16.9. The fourth-order valence-electron chi connectivity index (χ4n) is 1.80. The number of carbonyl (C=O) groups is 1. The second kappa shape index (κ2) is 6.32. The molecule has 1 aromatic heterocycles. The highest BCUT2D eigenvalue weighted by Crippen LogP contribution is 2.22. The van der Waals surface area contributed by atoms with E-state index in [1.54, 1.807) is 6.92 Å². The Hall–Kier alpha value is -2.49. The van der Waals surface area contributed by atoms with E-state index in [1.807, 2.05) is 0 Å². The van der Waals surface area contributed by atoms with Gasteiger partial charge in [-0.15, -0.1) is 0 Å². The monoisotopic (exact) mass is 345 g/mol. The number of halogens is 2. The number of aromatic nitrogens is 1. The maximum absolute atomic E-state index is 13.8. The number of rotatable bonds is 5. The van der Waals surface area contributed by atoms with Gasteiger partial charge < -0.3 is 9.84 Å². The summed E-state index contributed by atoms with van der Waals surface area (Å²) in [4.78, 5) is 11.9. The zero-order valence-electron chi connectivity index (χ0n) is 12.2. The normalized spacial score (nSPS) is 11.3. The minimum atomic E-state index is -3.97. The largest absolute Gasteiger partial charge is 0.360 e. The zero-order chi connectivity index (χ0) is 17.2. The van der Waals surface area contributed by atoms with Crippen molar-refractivity contribution in [2.24, 2.45) is 0 Å². The van der Waals surface area contributed by atoms with E-state index in [0.29, 0.717) is 16.1 Å². The van der Waals surface area contributed by atoms with E-state index in [9.17, 15) is 22.0 Å². The van der Waals surface area contributed by atoms with Gasteiger partial charge >= 0.3 is 0 Å². The summed E-state index contributed by atoms with van der Waals surface area (Å²) in [5.74, 6) is -2.17. The Morgan fingerprint density at radius 1 is 1.35 bits per heavy atom. The molecule has 0 unspecified atom stereocenters. The minimum Gasteiger partial charge on any atom is -0.360 e. The number of nitrogens with zero attached hydrogens (tertiary/aromatic N) is 2. The third kappa shape index (κ3) is 4.25. The fourth-order valence-corrected chi connectivity index (χ4v) is 2.66. The van der Waals surface area contributed by atoms with Gasteiger partial charge in [-0.2, -0.15) is 0 Å². The summed E-state index contributed by atoms with van der Waals surface area (Å²) in [5, 5.41) is 5.85. The predicted molar refractivity (Wildman–Crippen MR) is 78.4 cm³/mol. The molecule has 0 saturated heterocycles. The molecule has 1 aromatic carbocycles. The van der Waals surface area contributed by atoms with Gasteiger partial charge in [0.05, 0.1) is 11.9 Å². The lowest BCUT2D eigenvalue weighted by molar-refractivity contribution is -0.114. The average molecular weight is 345 g/mol. The van der Waals surface area contributed by atoms with Crippen LogP contribution in [0.1, 0.15) is 5.76 Å². The number of nitrogens with one attached hydrogen (secondary N) is 1. The van der Waals surface area contributed by atoms with Crippen LogP contribution in [-0.4, -0.2) is 32.3 Å². The Morgan fingerprint density at radius 3 is 2.57 bits per heavy atom. The van der Waals surface area contributed by atoms with Crippen molar-refractivity contribution in [2.45, 2.75) is 6.92 Å². The van der Waals surface area contributed by atoms with Gasteiger partial charge in [0.15, 0.2) is 5.82 Å². The lowest BCUT2D eigenvalue weighted by Gasteiger charge is -2.22. The van der Waals surface area contributed by atoms with Gasteiger partial charge in [-0.05, 0) is 19.1 Å². The quantitative estimate of drug-likeness (QED) is 0.890. The summed E-state index contributed by atoms with van der Waals surface area (Å²) in [6, 6.07) is 3.81. The molecule has 0 radical (unpaired) electrons. The number of aryl methyl sites for hydroxylation is 1. The van der Waals surface area contributed by atoms with E-state index < -0.39 is 39.8 Å². The number of hydrogen-bond acceptors (Lipinski definition) is 5. The summed E-state index contributed by atoms with van der Waals surface area (Å²) in [6.07, 6.45) is 0.809. The van der Waals surface area contributed by atoms with Crippen molar-refractivity contribution in [3.8, 4) is 0 Å². The molecule has 124 valence electrons. The topological polar surface area (TPSA) is 92.5 Å². The molecule has 1 N–H and O–H groups in total. The molecule has 0 aliphatic carbocycles. The average Bonchev–Trinajstić information content (AvgIpc) is 2.81. The number of anilines is 2. The molecule has 2 aromatic rings. The van der Waals surface area contributed by atoms with Crippen molar-refractivity contribution in [2.75, 3.05) is 22.4 Å². The fraction of sp³-hybridized carbons (Fsp3) is 0.231. The zero-order valence-corrected chi connectivity index (χ0v) is 13.0. The van der Waals surface area contributed by atoms with E-state index in [1.165, 1.54) is 6.07 Å². The molecule has 0 aliphatic rings. The van der Waals surface area contributed by atoms with E-state index in [2.05, 4.69) is 10.5 Å². The molecule has 2 rings (SSSR count). The van der Waals surface area contributed by atoms with Crippen molar-refractivity contribution >= 4 is 27.4 Å². The molecular formula is C13H13F2N3O4S. The lowest BCUT2D eigenvalue weighted by Crippen LogP contribution is -2.38. The van der Waals surface area contributed by atoms with Crippen molar-refractivity contribution in [1.29, 1.82) is 0 Å². The number of benzene rings is 1. The van der Waals surface area contributed by atoms with Gasteiger partial charge in [-0.3, -0.25) is 9.10 Å². The summed E-state index contributed by atoms with van der Waals surface area (Å²) >= 11 is 0. The van der Waals surface area contributed by atoms with Crippen LogP contribution in [-0.2, 0) is 14.8 Å². The van der Waals surface area contributed by atoms with Crippen LogP contribution in [0.4, 0.5) is 20.3 Å². The third-order valence-electron chi connectivity index (χ3n) is 2.76. The van der Waals surface area contributed by atoms with Crippen LogP contribution >= 0.6 is 0 Å². The van der Waals surface area contributed by atoms with E-state index in [4.69, 9.17) is 4.52 Å². The molecule has 0 atom stereocenters. The standard InChI is InChI=1S/C13H13F2N3O4S/c1-8-5-12(17-22-8)16-13(19)7-18(23(2,20)21)11-4-3-9(14)6-10(11)15/h3-6H,7H2,1-2H3,(H,16,17,19). The van der Waals surface area contributed by atoms with Crippen molar-refractivity contribution in [3.05, 3.63) is 41.7 Å². The number of hydrogen-bond donors (Lipinski definition) is 1. The number of sulfonamides is 1. The molecule has 23 heavy (non-hydrogen) atoms. The second-order valence-corrected chi connectivity index (χ2v) is 6.64. The Labute approximate surface area is 130 Å². The van der Waals surface area contributed by atoms with Crippen LogP contribution < -0.4 is 9.62 Å². The smallest absolute Gasteiger partial charge is 0.246 e. The third-order valence-corrected chi connectivity index (χ3v) is 3.89.